The third-order valence-corrected chi connectivity index (χ3v) is 5.04. The summed E-state index contributed by atoms with van der Waals surface area (Å²) in [6, 6.07) is 10.2. The molecule has 3 aromatic rings. The number of hydrogen-bond acceptors (Lipinski definition) is 8. The molecule has 0 radical (unpaired) electrons. The summed E-state index contributed by atoms with van der Waals surface area (Å²) in [6.07, 6.45) is 0. The summed E-state index contributed by atoms with van der Waals surface area (Å²) in [5.41, 5.74) is 0.858. The largest absolute Gasteiger partial charge is 0.337 e. The molecule has 11 heteroatoms. The first kappa shape index (κ1) is 18.4. The number of hydrogen-bond donors (Lipinski definition) is 0. The molecule has 30 heavy (non-hydrogen) atoms. The zero-order valence-electron chi connectivity index (χ0n) is 15.1. The van der Waals surface area contributed by atoms with E-state index in [4.69, 9.17) is 16.1 Å². The fraction of sp³-hybridized carbons (Fsp3) is 0.158. The maximum absolute atomic E-state index is 13.6. The van der Waals surface area contributed by atoms with E-state index in [0.29, 0.717) is 16.4 Å². The standard InChI is InChI=1S/C19H12ClFN6O3/c20-11-6-4-10(5-7-11)17-22-14(30-24-17)9-26-16-15(23-25-26)18(28)27(19(16)29)13-3-1-2-12(21)8-13/h1-8,15-16H,9H2. The lowest BCUT2D eigenvalue weighted by Crippen LogP contribution is -2.39. The Morgan fingerprint density at radius 3 is 2.67 bits per heavy atom. The number of rotatable bonds is 4. The fourth-order valence-corrected chi connectivity index (χ4v) is 3.52. The maximum Gasteiger partial charge on any atom is 0.263 e. The zero-order valence-corrected chi connectivity index (χ0v) is 15.9. The summed E-state index contributed by atoms with van der Waals surface area (Å²) < 4.78 is 18.8. The van der Waals surface area contributed by atoms with E-state index in [9.17, 15) is 14.0 Å². The van der Waals surface area contributed by atoms with Crippen LogP contribution in [0.3, 0.4) is 0 Å². The minimum Gasteiger partial charge on any atom is -0.337 e. The van der Waals surface area contributed by atoms with Gasteiger partial charge in [0.2, 0.25) is 11.7 Å². The molecular weight excluding hydrogens is 415 g/mol. The van der Waals surface area contributed by atoms with Gasteiger partial charge in [0, 0.05) is 10.6 Å². The van der Waals surface area contributed by atoms with Crippen molar-refractivity contribution in [2.45, 2.75) is 18.6 Å². The molecule has 0 aliphatic carbocycles. The van der Waals surface area contributed by atoms with E-state index in [1.807, 2.05) is 0 Å². The van der Waals surface area contributed by atoms with E-state index in [1.54, 1.807) is 24.3 Å². The van der Waals surface area contributed by atoms with Gasteiger partial charge in [-0.2, -0.15) is 10.1 Å². The quantitative estimate of drug-likeness (QED) is 0.594. The molecule has 0 spiro atoms. The molecule has 2 unspecified atom stereocenters. The maximum atomic E-state index is 13.6. The molecular formula is C19H12ClFN6O3. The molecule has 0 saturated carbocycles. The molecule has 2 aliphatic rings. The second-order valence-corrected chi connectivity index (χ2v) is 7.14. The van der Waals surface area contributed by atoms with Gasteiger partial charge < -0.3 is 4.52 Å². The summed E-state index contributed by atoms with van der Waals surface area (Å²) >= 11 is 5.88. The highest BCUT2D eigenvalue weighted by molar-refractivity contribution is 6.30. The molecule has 9 nitrogen and oxygen atoms in total. The number of carbonyl (C=O) groups excluding carboxylic acids is 2. The Kier molecular flexibility index (Phi) is 4.28. The molecule has 2 amide bonds. The Balaban J connectivity index is 1.36. The predicted octanol–water partition coefficient (Wildman–Crippen LogP) is 3.02. The van der Waals surface area contributed by atoms with Crippen molar-refractivity contribution < 1.29 is 18.5 Å². The Labute approximate surface area is 173 Å². The van der Waals surface area contributed by atoms with Crippen LogP contribution >= 0.6 is 11.6 Å². The number of nitrogens with zero attached hydrogens (tertiary/aromatic N) is 6. The molecule has 2 aliphatic heterocycles. The van der Waals surface area contributed by atoms with Crippen LogP contribution in [-0.4, -0.2) is 39.0 Å². The van der Waals surface area contributed by atoms with Gasteiger partial charge in [0.25, 0.3) is 11.8 Å². The van der Waals surface area contributed by atoms with E-state index in [-0.39, 0.29) is 18.1 Å². The van der Waals surface area contributed by atoms with Crippen molar-refractivity contribution in [3.05, 3.63) is 65.3 Å². The molecule has 0 bridgehead atoms. The molecule has 1 saturated heterocycles. The summed E-state index contributed by atoms with van der Waals surface area (Å²) in [7, 11) is 0. The number of fused-ring (bicyclic) bond motifs is 1. The first-order valence-electron chi connectivity index (χ1n) is 8.90. The predicted molar refractivity (Wildman–Crippen MR) is 102 cm³/mol. The summed E-state index contributed by atoms with van der Waals surface area (Å²) in [5.74, 6) is -1.11. The molecule has 150 valence electrons. The average molecular weight is 427 g/mol. The van der Waals surface area contributed by atoms with Gasteiger partial charge in [-0.1, -0.05) is 28.0 Å². The first-order valence-corrected chi connectivity index (χ1v) is 9.28. The van der Waals surface area contributed by atoms with Crippen molar-refractivity contribution in [1.29, 1.82) is 0 Å². The molecule has 0 N–H and O–H groups in total. The van der Waals surface area contributed by atoms with Gasteiger partial charge in [-0.25, -0.2) is 9.29 Å². The SMILES string of the molecule is O=C1C2N=NN(Cc3nc(-c4ccc(Cl)cc4)no3)C2C(=O)N1c1cccc(F)c1. The van der Waals surface area contributed by atoms with Crippen LogP contribution in [0.25, 0.3) is 11.4 Å². The second kappa shape index (κ2) is 6.99. The molecule has 1 aromatic heterocycles. The minimum absolute atomic E-state index is 0.0126. The van der Waals surface area contributed by atoms with Crippen molar-refractivity contribution in [2.24, 2.45) is 10.3 Å². The minimum atomic E-state index is -1.00. The number of amides is 2. The normalized spacial score (nSPS) is 20.3. The lowest BCUT2D eigenvalue weighted by molar-refractivity contribution is -0.123. The van der Waals surface area contributed by atoms with Crippen molar-refractivity contribution in [1.82, 2.24) is 15.1 Å². The lowest BCUT2D eigenvalue weighted by Gasteiger charge is -2.19. The topological polar surface area (TPSA) is 104 Å². The smallest absolute Gasteiger partial charge is 0.263 e. The second-order valence-electron chi connectivity index (χ2n) is 6.70. The van der Waals surface area contributed by atoms with Gasteiger partial charge in [-0.15, -0.1) is 0 Å². The van der Waals surface area contributed by atoms with Crippen LogP contribution in [0.2, 0.25) is 5.02 Å². The van der Waals surface area contributed by atoms with Crippen molar-refractivity contribution in [3.63, 3.8) is 0 Å². The number of carbonyl (C=O) groups is 2. The number of benzene rings is 2. The number of aromatic nitrogens is 2. The van der Waals surface area contributed by atoms with Crippen molar-refractivity contribution >= 4 is 29.1 Å². The number of halogens is 2. The number of anilines is 1. The van der Waals surface area contributed by atoms with Crippen LogP contribution in [0.4, 0.5) is 10.1 Å². The van der Waals surface area contributed by atoms with Crippen LogP contribution in [0.1, 0.15) is 5.89 Å². The van der Waals surface area contributed by atoms with Gasteiger partial charge in [0.05, 0.1) is 5.69 Å². The molecule has 5 rings (SSSR count). The van der Waals surface area contributed by atoms with Crippen LogP contribution in [0, 0.1) is 5.82 Å². The van der Waals surface area contributed by atoms with Crippen LogP contribution in [0.5, 0.6) is 0 Å². The fourth-order valence-electron chi connectivity index (χ4n) is 3.40. The zero-order chi connectivity index (χ0) is 20.8. The van der Waals surface area contributed by atoms with Crippen molar-refractivity contribution in [2.75, 3.05) is 4.90 Å². The van der Waals surface area contributed by atoms with Gasteiger partial charge >= 0.3 is 0 Å². The summed E-state index contributed by atoms with van der Waals surface area (Å²) in [4.78, 5) is 30.8. The first-order chi connectivity index (χ1) is 14.5. The molecule has 2 aromatic carbocycles. The summed E-state index contributed by atoms with van der Waals surface area (Å²) in [6.45, 7) is -0.0126. The number of imide groups is 1. The highest BCUT2D eigenvalue weighted by Gasteiger charge is 2.55. The highest BCUT2D eigenvalue weighted by atomic mass is 35.5. The average Bonchev–Trinajstić information content (AvgIpc) is 3.41. The van der Waals surface area contributed by atoms with E-state index in [2.05, 4.69) is 20.5 Å². The van der Waals surface area contributed by atoms with E-state index in [1.165, 1.54) is 23.2 Å². The third-order valence-electron chi connectivity index (χ3n) is 4.79. The Morgan fingerprint density at radius 1 is 1.10 bits per heavy atom. The van der Waals surface area contributed by atoms with Gasteiger partial charge in [-0.3, -0.25) is 14.6 Å². The third kappa shape index (κ3) is 3.01. The van der Waals surface area contributed by atoms with Gasteiger partial charge in [-0.05, 0) is 42.5 Å². The summed E-state index contributed by atoms with van der Waals surface area (Å²) in [5, 5.41) is 13.7. The lowest BCUT2D eigenvalue weighted by atomic mass is 10.1. The molecule has 3 heterocycles. The van der Waals surface area contributed by atoms with Crippen LogP contribution < -0.4 is 4.90 Å². The monoisotopic (exact) mass is 426 g/mol. The Hall–Kier alpha value is -3.66. The van der Waals surface area contributed by atoms with Crippen molar-refractivity contribution in [3.8, 4) is 11.4 Å². The van der Waals surface area contributed by atoms with Gasteiger partial charge in [0.15, 0.2) is 12.1 Å². The van der Waals surface area contributed by atoms with Gasteiger partial charge in [0.1, 0.15) is 12.4 Å². The Morgan fingerprint density at radius 2 is 1.90 bits per heavy atom. The van der Waals surface area contributed by atoms with Crippen LogP contribution in [0.15, 0.2) is 63.4 Å². The highest BCUT2D eigenvalue weighted by Crippen LogP contribution is 2.33. The van der Waals surface area contributed by atoms with Crippen LogP contribution in [-0.2, 0) is 16.1 Å². The molecule has 1 fully saturated rings. The Bertz CT molecular complexity index is 1180. The van der Waals surface area contributed by atoms with E-state index in [0.717, 1.165) is 11.0 Å². The molecule has 2 atom stereocenters. The van der Waals surface area contributed by atoms with E-state index >= 15 is 0 Å². The van der Waals surface area contributed by atoms with E-state index < -0.39 is 29.7 Å².